The number of rotatable bonds is 3. The summed E-state index contributed by atoms with van der Waals surface area (Å²) in [6, 6.07) is 51.4. The van der Waals surface area contributed by atoms with Crippen molar-refractivity contribution in [3.63, 3.8) is 0 Å². The molecule has 4 nitrogen and oxygen atoms in total. The fraction of sp³-hybridized carbons (Fsp3) is 0.0222. The van der Waals surface area contributed by atoms with Gasteiger partial charge in [0.05, 0.1) is 28.3 Å². The minimum atomic E-state index is 0.819. The Labute approximate surface area is 282 Å². The van der Waals surface area contributed by atoms with Crippen LogP contribution in [0.15, 0.2) is 158 Å². The highest BCUT2D eigenvalue weighted by atomic mass is 15.1. The molecule has 0 bridgehead atoms. The first kappa shape index (κ1) is 26.5. The van der Waals surface area contributed by atoms with Crippen LogP contribution >= 0.6 is 0 Å². The molecule has 0 aliphatic heterocycles. The minimum Gasteiger partial charge on any atom is -0.309 e. The van der Waals surface area contributed by atoms with Gasteiger partial charge in [0, 0.05) is 39.6 Å². The zero-order chi connectivity index (χ0) is 32.1. The quantitative estimate of drug-likeness (QED) is 0.196. The third-order valence-corrected chi connectivity index (χ3v) is 10.5. The largest absolute Gasteiger partial charge is 0.309 e. The van der Waals surface area contributed by atoms with Gasteiger partial charge in [0.1, 0.15) is 0 Å². The van der Waals surface area contributed by atoms with Gasteiger partial charge < -0.3 is 4.57 Å². The molecule has 0 saturated heterocycles. The second-order valence-electron chi connectivity index (χ2n) is 13.1. The Morgan fingerprint density at radius 1 is 0.469 bits per heavy atom. The summed E-state index contributed by atoms with van der Waals surface area (Å²) in [6.45, 7) is 0. The van der Waals surface area contributed by atoms with E-state index in [1.54, 1.807) is 12.4 Å². The lowest BCUT2D eigenvalue weighted by atomic mass is 9.98. The normalized spacial score (nSPS) is 12.4. The average molecular weight is 625 g/mol. The van der Waals surface area contributed by atoms with Crippen LogP contribution in [0.3, 0.4) is 0 Å². The number of nitrogens with zero attached hydrogens (tertiary/aromatic N) is 4. The van der Waals surface area contributed by atoms with Gasteiger partial charge >= 0.3 is 0 Å². The Morgan fingerprint density at radius 2 is 1.12 bits per heavy atom. The summed E-state index contributed by atoms with van der Waals surface area (Å²) >= 11 is 0. The lowest BCUT2D eigenvalue weighted by molar-refractivity contribution is 1.04. The van der Waals surface area contributed by atoms with Crippen molar-refractivity contribution >= 4 is 54.4 Å². The Morgan fingerprint density at radius 3 is 1.86 bits per heavy atom. The van der Waals surface area contributed by atoms with E-state index < -0.39 is 0 Å². The van der Waals surface area contributed by atoms with E-state index in [0.717, 1.165) is 23.3 Å². The Kier molecular flexibility index (Phi) is 5.41. The molecule has 10 aromatic rings. The molecule has 1 aliphatic carbocycles. The maximum atomic E-state index is 4.63. The molecule has 0 spiro atoms. The Hall–Kier alpha value is -6.52. The van der Waals surface area contributed by atoms with Crippen molar-refractivity contribution < 1.29 is 0 Å². The van der Waals surface area contributed by atoms with E-state index in [2.05, 4.69) is 159 Å². The van der Waals surface area contributed by atoms with E-state index in [9.17, 15) is 0 Å². The van der Waals surface area contributed by atoms with Crippen LogP contribution in [0, 0.1) is 0 Å². The van der Waals surface area contributed by atoms with Gasteiger partial charge in [-0.05, 0) is 99.1 Å². The van der Waals surface area contributed by atoms with Gasteiger partial charge in [0.15, 0.2) is 5.82 Å². The first-order valence-electron chi connectivity index (χ1n) is 16.8. The zero-order valence-electron chi connectivity index (χ0n) is 26.5. The summed E-state index contributed by atoms with van der Waals surface area (Å²) in [4.78, 5) is 8.98. The van der Waals surface area contributed by atoms with Crippen LogP contribution in [0.2, 0.25) is 0 Å². The van der Waals surface area contributed by atoms with Crippen LogP contribution in [-0.2, 0) is 6.42 Å². The van der Waals surface area contributed by atoms with Crippen molar-refractivity contribution in [3.8, 4) is 33.8 Å². The standard InChI is InChI=1S/C45H28N4/c1-2-8-34-28(7-1)13-14-31-23-32-24-33(17-18-35(32)45(31)34)48-40-11-5-3-9-36(40)38-25-29(15-19-42(38)48)30-16-20-43-39(26-30)37-10-4-6-12-41(37)49(43)44-27-46-21-22-47-44/h1-22,24-27H,23H2. The molecule has 0 atom stereocenters. The van der Waals surface area contributed by atoms with Gasteiger partial charge in [-0.3, -0.25) is 9.55 Å². The van der Waals surface area contributed by atoms with Crippen molar-refractivity contribution in [2.75, 3.05) is 0 Å². The summed E-state index contributed by atoms with van der Waals surface area (Å²) in [6.07, 6.45) is 6.25. The Balaban J connectivity index is 1.07. The molecule has 0 N–H and O–H groups in total. The highest BCUT2D eigenvalue weighted by Gasteiger charge is 2.22. The third kappa shape index (κ3) is 3.80. The molecule has 0 radical (unpaired) electrons. The van der Waals surface area contributed by atoms with Crippen molar-refractivity contribution in [2.45, 2.75) is 6.42 Å². The monoisotopic (exact) mass is 624 g/mol. The number of para-hydroxylation sites is 2. The topological polar surface area (TPSA) is 35.6 Å². The van der Waals surface area contributed by atoms with E-state index in [1.807, 2.05) is 6.20 Å². The summed E-state index contributed by atoms with van der Waals surface area (Å²) in [7, 11) is 0. The fourth-order valence-corrected chi connectivity index (χ4v) is 8.33. The highest BCUT2D eigenvalue weighted by molar-refractivity contribution is 6.12. The average Bonchev–Trinajstić information content (AvgIpc) is 3.82. The number of fused-ring (bicyclic) bond motifs is 11. The molecule has 0 fully saturated rings. The number of aromatic nitrogens is 4. The molecule has 4 heteroatoms. The zero-order valence-corrected chi connectivity index (χ0v) is 26.5. The molecule has 3 aromatic heterocycles. The molecular formula is C45H28N4. The van der Waals surface area contributed by atoms with Crippen LogP contribution in [0.5, 0.6) is 0 Å². The number of hydrogen-bond acceptors (Lipinski definition) is 2. The number of hydrogen-bond donors (Lipinski definition) is 0. The number of benzene rings is 7. The second-order valence-corrected chi connectivity index (χ2v) is 13.1. The maximum Gasteiger partial charge on any atom is 0.156 e. The molecule has 7 aromatic carbocycles. The van der Waals surface area contributed by atoms with Gasteiger partial charge in [0.2, 0.25) is 0 Å². The fourth-order valence-electron chi connectivity index (χ4n) is 8.33. The highest BCUT2D eigenvalue weighted by Crippen LogP contribution is 2.43. The lowest BCUT2D eigenvalue weighted by Crippen LogP contribution is -1.97. The van der Waals surface area contributed by atoms with Crippen LogP contribution in [0.1, 0.15) is 11.1 Å². The summed E-state index contributed by atoms with van der Waals surface area (Å²) in [5, 5.41) is 7.56. The summed E-state index contributed by atoms with van der Waals surface area (Å²) in [5.74, 6) is 0.819. The van der Waals surface area contributed by atoms with E-state index >= 15 is 0 Å². The molecule has 1 aliphatic rings. The second kappa shape index (κ2) is 9.99. The lowest BCUT2D eigenvalue weighted by Gasteiger charge is -2.11. The van der Waals surface area contributed by atoms with Crippen molar-refractivity contribution in [1.82, 2.24) is 19.1 Å². The molecule has 228 valence electrons. The van der Waals surface area contributed by atoms with Crippen LogP contribution in [-0.4, -0.2) is 19.1 Å². The van der Waals surface area contributed by atoms with Gasteiger partial charge in [-0.15, -0.1) is 0 Å². The first-order valence-corrected chi connectivity index (χ1v) is 16.8. The van der Waals surface area contributed by atoms with Crippen LogP contribution in [0.4, 0.5) is 0 Å². The van der Waals surface area contributed by atoms with E-state index in [-0.39, 0.29) is 0 Å². The van der Waals surface area contributed by atoms with E-state index in [4.69, 9.17) is 0 Å². The molecule has 49 heavy (non-hydrogen) atoms. The predicted octanol–water partition coefficient (Wildman–Crippen LogP) is 11.1. The minimum absolute atomic E-state index is 0.819. The maximum absolute atomic E-state index is 4.63. The smallest absolute Gasteiger partial charge is 0.156 e. The molecule has 0 saturated carbocycles. The third-order valence-electron chi connectivity index (χ3n) is 10.5. The van der Waals surface area contributed by atoms with E-state index in [0.29, 0.717) is 0 Å². The SMILES string of the molecule is c1ccc2c3c(ccc2c1)Cc1cc(-n2c4ccccc4c4cc(-c5ccc6c(c5)c5ccccc5n6-c5cnccn5)ccc42)ccc1-3. The molecule has 0 amide bonds. The molecule has 0 unspecified atom stereocenters. The first-order chi connectivity index (χ1) is 24.3. The van der Waals surface area contributed by atoms with Gasteiger partial charge in [0.25, 0.3) is 0 Å². The van der Waals surface area contributed by atoms with Crippen molar-refractivity contribution in [2.24, 2.45) is 0 Å². The van der Waals surface area contributed by atoms with Gasteiger partial charge in [-0.2, -0.15) is 0 Å². The summed E-state index contributed by atoms with van der Waals surface area (Å²) < 4.78 is 4.64. The van der Waals surface area contributed by atoms with Gasteiger partial charge in [-0.1, -0.05) is 91.0 Å². The van der Waals surface area contributed by atoms with Crippen molar-refractivity contribution in [1.29, 1.82) is 0 Å². The Bertz CT molecular complexity index is 2970. The molecular weight excluding hydrogens is 597 g/mol. The van der Waals surface area contributed by atoms with Gasteiger partial charge in [-0.25, -0.2) is 4.98 Å². The molecule has 3 heterocycles. The predicted molar refractivity (Wildman–Crippen MR) is 202 cm³/mol. The van der Waals surface area contributed by atoms with Crippen molar-refractivity contribution in [3.05, 3.63) is 169 Å². The van der Waals surface area contributed by atoms with Crippen LogP contribution < -0.4 is 0 Å². The summed E-state index contributed by atoms with van der Waals surface area (Å²) in [5.41, 5.74) is 13.8. The molecule has 11 rings (SSSR count). The van der Waals surface area contributed by atoms with E-state index in [1.165, 1.54) is 82.4 Å². The van der Waals surface area contributed by atoms with Crippen LogP contribution in [0.25, 0.3) is 88.1 Å².